The van der Waals surface area contributed by atoms with Crippen LogP contribution in [0.1, 0.15) is 5.69 Å². The molecule has 0 fully saturated rings. The molecular weight excluding hydrogens is 205 g/mol. The van der Waals surface area contributed by atoms with Gasteiger partial charge in [0, 0.05) is 11.8 Å². The molecule has 0 saturated heterocycles. The summed E-state index contributed by atoms with van der Waals surface area (Å²) in [7, 11) is 0. The Morgan fingerprint density at radius 2 is 1.69 bits per heavy atom. The third kappa shape index (κ3) is 2.06. The van der Waals surface area contributed by atoms with Gasteiger partial charge in [0.15, 0.2) is 0 Å². The maximum Gasteiger partial charge on any atom is 0.141 e. The Bertz CT molecular complexity index is 503. The van der Waals surface area contributed by atoms with E-state index in [1.807, 2.05) is 0 Å². The SMILES string of the molecule is N=C(N)c1ccc(-c2ccc(F)cc2)cn1. The van der Waals surface area contributed by atoms with Crippen molar-refractivity contribution in [1.29, 1.82) is 5.41 Å². The molecule has 0 radical (unpaired) electrons. The van der Waals surface area contributed by atoms with Crippen molar-refractivity contribution >= 4 is 5.84 Å². The zero-order valence-electron chi connectivity index (χ0n) is 8.44. The quantitative estimate of drug-likeness (QED) is 0.595. The molecule has 0 aliphatic carbocycles. The Morgan fingerprint density at radius 1 is 1.06 bits per heavy atom. The lowest BCUT2D eigenvalue weighted by molar-refractivity contribution is 0.628. The van der Waals surface area contributed by atoms with Gasteiger partial charge >= 0.3 is 0 Å². The summed E-state index contributed by atoms with van der Waals surface area (Å²) in [5.41, 5.74) is 7.47. The summed E-state index contributed by atoms with van der Waals surface area (Å²) in [6.45, 7) is 0. The Hall–Kier alpha value is -2.23. The van der Waals surface area contributed by atoms with Gasteiger partial charge in [-0.25, -0.2) is 4.39 Å². The van der Waals surface area contributed by atoms with Gasteiger partial charge in [0.05, 0.1) is 0 Å². The number of rotatable bonds is 2. The second-order valence-electron chi connectivity index (χ2n) is 3.35. The maximum absolute atomic E-state index is 12.7. The number of pyridine rings is 1. The lowest BCUT2D eigenvalue weighted by Crippen LogP contribution is -2.12. The molecule has 0 unspecified atom stereocenters. The fourth-order valence-electron chi connectivity index (χ4n) is 1.37. The number of amidine groups is 1. The molecule has 0 bridgehead atoms. The van der Waals surface area contributed by atoms with E-state index in [2.05, 4.69) is 4.98 Å². The number of aromatic nitrogens is 1. The Kier molecular flexibility index (Phi) is 2.64. The summed E-state index contributed by atoms with van der Waals surface area (Å²) >= 11 is 0. The first-order valence-electron chi connectivity index (χ1n) is 4.73. The molecular formula is C12H10FN3. The van der Waals surface area contributed by atoms with Crippen LogP contribution in [0.3, 0.4) is 0 Å². The van der Waals surface area contributed by atoms with Gasteiger partial charge < -0.3 is 5.73 Å². The van der Waals surface area contributed by atoms with Crippen molar-refractivity contribution in [2.24, 2.45) is 5.73 Å². The molecule has 2 rings (SSSR count). The average molecular weight is 215 g/mol. The van der Waals surface area contributed by atoms with Crippen LogP contribution in [0.5, 0.6) is 0 Å². The molecule has 0 atom stereocenters. The van der Waals surface area contributed by atoms with Crippen molar-refractivity contribution in [3.63, 3.8) is 0 Å². The predicted molar refractivity (Wildman–Crippen MR) is 60.6 cm³/mol. The topological polar surface area (TPSA) is 62.8 Å². The number of hydrogen-bond acceptors (Lipinski definition) is 2. The molecule has 80 valence electrons. The molecule has 16 heavy (non-hydrogen) atoms. The maximum atomic E-state index is 12.7. The van der Waals surface area contributed by atoms with Gasteiger partial charge in [-0.05, 0) is 23.8 Å². The van der Waals surface area contributed by atoms with E-state index in [9.17, 15) is 4.39 Å². The van der Waals surface area contributed by atoms with E-state index < -0.39 is 0 Å². The number of halogens is 1. The molecule has 4 heteroatoms. The summed E-state index contributed by atoms with van der Waals surface area (Å²) in [5.74, 6) is -0.331. The monoisotopic (exact) mass is 215 g/mol. The molecule has 3 N–H and O–H groups in total. The van der Waals surface area contributed by atoms with E-state index in [1.165, 1.54) is 12.1 Å². The highest BCUT2D eigenvalue weighted by molar-refractivity contribution is 5.93. The van der Waals surface area contributed by atoms with Gasteiger partial charge in [-0.1, -0.05) is 18.2 Å². The molecule has 0 saturated carbocycles. The molecule has 0 aliphatic rings. The van der Waals surface area contributed by atoms with E-state index >= 15 is 0 Å². The summed E-state index contributed by atoms with van der Waals surface area (Å²) in [6.07, 6.45) is 1.62. The predicted octanol–water partition coefficient (Wildman–Crippen LogP) is 2.17. The summed E-state index contributed by atoms with van der Waals surface area (Å²) in [6, 6.07) is 9.63. The van der Waals surface area contributed by atoms with E-state index in [4.69, 9.17) is 11.1 Å². The summed E-state index contributed by atoms with van der Waals surface area (Å²) in [4.78, 5) is 4.03. The highest BCUT2D eigenvalue weighted by Crippen LogP contribution is 2.18. The van der Waals surface area contributed by atoms with Gasteiger partial charge in [-0.3, -0.25) is 10.4 Å². The zero-order valence-corrected chi connectivity index (χ0v) is 8.44. The normalized spacial score (nSPS) is 10.1. The number of nitrogens with one attached hydrogen (secondary N) is 1. The van der Waals surface area contributed by atoms with E-state index in [0.717, 1.165) is 11.1 Å². The molecule has 3 nitrogen and oxygen atoms in total. The van der Waals surface area contributed by atoms with Crippen molar-refractivity contribution in [2.75, 3.05) is 0 Å². The first kappa shape index (κ1) is 10.3. The molecule has 0 spiro atoms. The summed E-state index contributed by atoms with van der Waals surface area (Å²) in [5, 5.41) is 7.20. The second kappa shape index (κ2) is 4.10. The minimum absolute atomic E-state index is 0.0642. The lowest BCUT2D eigenvalue weighted by Gasteiger charge is -2.02. The fraction of sp³-hybridized carbons (Fsp3) is 0. The van der Waals surface area contributed by atoms with Crippen LogP contribution >= 0.6 is 0 Å². The highest BCUT2D eigenvalue weighted by Gasteiger charge is 2.01. The zero-order chi connectivity index (χ0) is 11.5. The van der Waals surface area contributed by atoms with Crippen molar-refractivity contribution in [3.05, 3.63) is 54.1 Å². The lowest BCUT2D eigenvalue weighted by atomic mass is 10.1. The second-order valence-corrected chi connectivity index (χ2v) is 3.35. The van der Waals surface area contributed by atoms with Crippen LogP contribution in [0.25, 0.3) is 11.1 Å². The van der Waals surface area contributed by atoms with Crippen molar-refractivity contribution < 1.29 is 4.39 Å². The third-order valence-electron chi connectivity index (χ3n) is 2.22. The minimum atomic E-state index is -0.267. The van der Waals surface area contributed by atoms with Crippen molar-refractivity contribution in [3.8, 4) is 11.1 Å². The Labute approximate surface area is 92.3 Å². The molecule has 0 aliphatic heterocycles. The largest absolute Gasteiger partial charge is 0.382 e. The standard InChI is InChI=1S/C12H10FN3/c13-10-4-1-8(2-5-10)9-3-6-11(12(14)15)16-7-9/h1-7H,(H3,14,15). The summed E-state index contributed by atoms with van der Waals surface area (Å²) < 4.78 is 12.7. The fourth-order valence-corrected chi connectivity index (χ4v) is 1.37. The van der Waals surface area contributed by atoms with Gasteiger partial charge in [-0.15, -0.1) is 0 Å². The van der Waals surface area contributed by atoms with Gasteiger partial charge in [-0.2, -0.15) is 0 Å². The Morgan fingerprint density at radius 3 is 2.19 bits per heavy atom. The molecule has 1 heterocycles. The highest BCUT2D eigenvalue weighted by atomic mass is 19.1. The minimum Gasteiger partial charge on any atom is -0.382 e. The molecule has 0 amide bonds. The van der Waals surface area contributed by atoms with Crippen LogP contribution in [0.15, 0.2) is 42.6 Å². The number of hydrogen-bond donors (Lipinski definition) is 2. The van der Waals surface area contributed by atoms with Gasteiger partial charge in [0.2, 0.25) is 0 Å². The van der Waals surface area contributed by atoms with E-state index in [-0.39, 0.29) is 11.7 Å². The molecule has 1 aromatic carbocycles. The van der Waals surface area contributed by atoms with E-state index in [0.29, 0.717) is 5.69 Å². The van der Waals surface area contributed by atoms with Crippen LogP contribution < -0.4 is 5.73 Å². The van der Waals surface area contributed by atoms with Crippen molar-refractivity contribution in [1.82, 2.24) is 4.98 Å². The van der Waals surface area contributed by atoms with Crippen LogP contribution in [-0.2, 0) is 0 Å². The Balaban J connectivity index is 2.34. The number of nitrogens with zero attached hydrogens (tertiary/aromatic N) is 1. The number of benzene rings is 1. The van der Waals surface area contributed by atoms with Gasteiger partial charge in [0.25, 0.3) is 0 Å². The van der Waals surface area contributed by atoms with Crippen molar-refractivity contribution in [2.45, 2.75) is 0 Å². The van der Waals surface area contributed by atoms with Crippen LogP contribution in [0.2, 0.25) is 0 Å². The first-order valence-corrected chi connectivity index (χ1v) is 4.73. The van der Waals surface area contributed by atoms with Crippen LogP contribution in [0, 0.1) is 11.2 Å². The van der Waals surface area contributed by atoms with Crippen LogP contribution in [0.4, 0.5) is 4.39 Å². The average Bonchev–Trinajstić information content (AvgIpc) is 2.30. The number of nitrogens with two attached hydrogens (primary N) is 1. The first-order chi connectivity index (χ1) is 7.66. The number of nitrogen functional groups attached to an aromatic ring is 1. The molecule has 2 aromatic rings. The van der Waals surface area contributed by atoms with Crippen LogP contribution in [-0.4, -0.2) is 10.8 Å². The van der Waals surface area contributed by atoms with E-state index in [1.54, 1.807) is 30.5 Å². The third-order valence-corrected chi connectivity index (χ3v) is 2.22. The smallest absolute Gasteiger partial charge is 0.141 e. The van der Waals surface area contributed by atoms with Gasteiger partial charge in [0.1, 0.15) is 17.3 Å². The molecule has 1 aromatic heterocycles.